The maximum atomic E-state index is 12.3. The first-order chi connectivity index (χ1) is 10.0. The van der Waals surface area contributed by atoms with Gasteiger partial charge in [0.15, 0.2) is 0 Å². The predicted molar refractivity (Wildman–Crippen MR) is 69.4 cm³/mol. The second kappa shape index (κ2) is 4.69. The topological polar surface area (TPSA) is 104 Å². The lowest BCUT2D eigenvalue weighted by Crippen LogP contribution is -2.49. The molecule has 0 radical (unpaired) electrons. The Morgan fingerprint density at radius 2 is 1.90 bits per heavy atom. The average molecular weight is 288 g/mol. The summed E-state index contributed by atoms with van der Waals surface area (Å²) in [7, 11) is 0. The van der Waals surface area contributed by atoms with Crippen LogP contribution in [0.1, 0.15) is 40.0 Å². The number of benzene rings is 1. The zero-order valence-electron chi connectivity index (χ0n) is 11.0. The third-order valence-corrected chi connectivity index (χ3v) is 3.68. The Kier molecular flexibility index (Phi) is 2.97. The minimum atomic E-state index is -1.02. The zero-order chi connectivity index (χ0) is 15.1. The molecule has 1 saturated heterocycles. The number of amides is 4. The van der Waals surface area contributed by atoms with Gasteiger partial charge in [-0.25, -0.2) is 0 Å². The Morgan fingerprint density at radius 1 is 1.14 bits per heavy atom. The minimum absolute atomic E-state index is 0.0726. The van der Waals surface area contributed by atoms with E-state index in [9.17, 15) is 24.3 Å². The number of hydrogen-bond donors (Lipinski definition) is 2. The van der Waals surface area contributed by atoms with E-state index in [1.807, 2.05) is 0 Å². The van der Waals surface area contributed by atoms with Crippen LogP contribution in [0.4, 0.5) is 0 Å². The van der Waals surface area contributed by atoms with Gasteiger partial charge in [-0.2, -0.15) is 0 Å². The number of nitrogens with zero attached hydrogens (tertiary/aromatic N) is 1. The molecule has 1 aromatic carbocycles. The van der Waals surface area contributed by atoms with Gasteiger partial charge < -0.3 is 5.11 Å². The first-order valence-corrected chi connectivity index (χ1v) is 6.54. The lowest BCUT2D eigenvalue weighted by Gasteiger charge is -2.22. The molecule has 108 valence electrons. The van der Waals surface area contributed by atoms with Crippen LogP contribution in [0, 0.1) is 0 Å². The number of rotatable bonds is 1. The second-order valence-corrected chi connectivity index (χ2v) is 5.00. The van der Waals surface area contributed by atoms with E-state index in [2.05, 4.69) is 5.32 Å². The second-order valence-electron chi connectivity index (χ2n) is 5.00. The summed E-state index contributed by atoms with van der Waals surface area (Å²) in [6.07, 6.45) is 0.808. The fraction of sp³-hybridized carbons (Fsp3) is 0.286. The minimum Gasteiger partial charge on any atom is -0.507 e. The highest BCUT2D eigenvalue weighted by Gasteiger charge is 2.44. The van der Waals surface area contributed by atoms with Crippen molar-refractivity contribution in [2.24, 2.45) is 0 Å². The summed E-state index contributed by atoms with van der Waals surface area (Å²) in [6.45, 7) is 0. The largest absolute Gasteiger partial charge is 0.507 e. The van der Waals surface area contributed by atoms with Crippen LogP contribution in [-0.2, 0) is 9.59 Å². The maximum Gasteiger partial charge on any atom is 0.266 e. The summed E-state index contributed by atoms with van der Waals surface area (Å²) < 4.78 is 0. The number of phenolic OH excluding ortho intramolecular Hbond substituents is 1. The fourth-order valence-electron chi connectivity index (χ4n) is 2.69. The van der Waals surface area contributed by atoms with Crippen LogP contribution in [-0.4, -0.2) is 39.7 Å². The summed E-state index contributed by atoms with van der Waals surface area (Å²) in [4.78, 5) is 48.8. The molecule has 7 nitrogen and oxygen atoms in total. The molecule has 4 amide bonds. The number of carbonyl (C=O) groups excluding carboxylic acids is 4. The van der Waals surface area contributed by atoms with Gasteiger partial charge in [-0.15, -0.1) is 0 Å². The molecule has 1 atom stereocenters. The predicted octanol–water partition coefficient (Wildman–Crippen LogP) is 0.183. The maximum absolute atomic E-state index is 12.3. The van der Waals surface area contributed by atoms with Crippen molar-refractivity contribution >= 4 is 23.6 Å². The van der Waals surface area contributed by atoms with E-state index >= 15 is 0 Å². The molecule has 0 aliphatic carbocycles. The van der Waals surface area contributed by atoms with Gasteiger partial charge in [0.1, 0.15) is 11.8 Å². The molecule has 2 aliphatic heterocycles. The molecule has 1 fully saturated rings. The van der Waals surface area contributed by atoms with Crippen LogP contribution in [0.3, 0.4) is 0 Å². The molecule has 2 heterocycles. The van der Waals surface area contributed by atoms with Crippen LogP contribution in [0.25, 0.3) is 0 Å². The SMILES string of the molecule is O=C1CCC[C@H](N2C(=O)c3cccc(O)c3C2=O)C(=O)N1. The van der Waals surface area contributed by atoms with Gasteiger partial charge in [-0.05, 0) is 25.0 Å². The Hall–Kier alpha value is -2.70. The van der Waals surface area contributed by atoms with Crippen molar-refractivity contribution in [3.63, 3.8) is 0 Å². The van der Waals surface area contributed by atoms with Crippen LogP contribution in [0.2, 0.25) is 0 Å². The highest BCUT2D eigenvalue weighted by molar-refractivity contribution is 6.24. The molecular weight excluding hydrogens is 276 g/mol. The zero-order valence-corrected chi connectivity index (χ0v) is 11.0. The third-order valence-electron chi connectivity index (χ3n) is 3.68. The molecule has 0 spiro atoms. The van der Waals surface area contributed by atoms with Crippen molar-refractivity contribution in [2.45, 2.75) is 25.3 Å². The van der Waals surface area contributed by atoms with Crippen molar-refractivity contribution in [1.82, 2.24) is 10.2 Å². The lowest BCUT2D eigenvalue weighted by molar-refractivity contribution is -0.131. The van der Waals surface area contributed by atoms with E-state index < -0.39 is 29.7 Å². The molecule has 3 rings (SSSR count). The molecule has 21 heavy (non-hydrogen) atoms. The van der Waals surface area contributed by atoms with Crippen molar-refractivity contribution in [1.29, 1.82) is 0 Å². The van der Waals surface area contributed by atoms with E-state index in [4.69, 9.17) is 0 Å². The average Bonchev–Trinajstić information content (AvgIpc) is 2.57. The van der Waals surface area contributed by atoms with E-state index in [1.165, 1.54) is 18.2 Å². The van der Waals surface area contributed by atoms with Crippen LogP contribution in [0.15, 0.2) is 18.2 Å². The lowest BCUT2D eigenvalue weighted by atomic mass is 10.1. The van der Waals surface area contributed by atoms with Crippen molar-refractivity contribution in [2.75, 3.05) is 0 Å². The van der Waals surface area contributed by atoms with Crippen molar-refractivity contribution < 1.29 is 24.3 Å². The summed E-state index contributed by atoms with van der Waals surface area (Å²) >= 11 is 0. The van der Waals surface area contributed by atoms with E-state index in [-0.39, 0.29) is 29.7 Å². The van der Waals surface area contributed by atoms with Gasteiger partial charge in [0, 0.05) is 6.42 Å². The molecule has 0 unspecified atom stereocenters. The molecule has 0 bridgehead atoms. The van der Waals surface area contributed by atoms with E-state index in [0.717, 1.165) is 4.90 Å². The number of hydrogen-bond acceptors (Lipinski definition) is 5. The van der Waals surface area contributed by atoms with Gasteiger partial charge in [0.05, 0.1) is 11.1 Å². The molecule has 0 aromatic heterocycles. The molecule has 0 saturated carbocycles. The van der Waals surface area contributed by atoms with Crippen LogP contribution in [0.5, 0.6) is 5.75 Å². The monoisotopic (exact) mass is 288 g/mol. The van der Waals surface area contributed by atoms with Gasteiger partial charge in [0.2, 0.25) is 11.8 Å². The first-order valence-electron chi connectivity index (χ1n) is 6.54. The molecule has 1 aromatic rings. The third kappa shape index (κ3) is 1.97. The van der Waals surface area contributed by atoms with Gasteiger partial charge >= 0.3 is 0 Å². The normalized spacial score (nSPS) is 22.1. The molecular formula is C14H12N2O5. The summed E-state index contributed by atoms with van der Waals surface area (Å²) in [5, 5.41) is 11.9. The number of carbonyl (C=O) groups is 4. The van der Waals surface area contributed by atoms with Crippen LogP contribution < -0.4 is 5.32 Å². The fourth-order valence-corrected chi connectivity index (χ4v) is 2.69. The van der Waals surface area contributed by atoms with E-state index in [1.54, 1.807) is 0 Å². The van der Waals surface area contributed by atoms with Gasteiger partial charge in [-0.1, -0.05) is 6.07 Å². The number of aromatic hydroxyl groups is 1. The first kappa shape index (κ1) is 13.3. The number of imide groups is 2. The van der Waals surface area contributed by atoms with Gasteiger partial charge in [0.25, 0.3) is 11.8 Å². The molecule has 7 heteroatoms. The number of phenols is 1. The quantitative estimate of drug-likeness (QED) is 0.718. The van der Waals surface area contributed by atoms with Crippen LogP contribution >= 0.6 is 0 Å². The highest BCUT2D eigenvalue weighted by atomic mass is 16.3. The van der Waals surface area contributed by atoms with Crippen molar-refractivity contribution in [3.8, 4) is 5.75 Å². The summed E-state index contributed by atoms with van der Waals surface area (Å²) in [5.74, 6) is -2.70. The Labute approximate surface area is 119 Å². The standard InChI is InChI=1S/C14H12N2O5/c17-9-5-1-3-7-11(9)14(21)16(13(7)20)8-4-2-6-10(18)15-12(8)19/h1,3,5,8,17H,2,4,6H2,(H,15,18,19)/t8-/m0/s1. The molecule has 2 N–H and O–H groups in total. The Morgan fingerprint density at radius 3 is 2.62 bits per heavy atom. The Balaban J connectivity index is 2.00. The van der Waals surface area contributed by atoms with Gasteiger partial charge in [-0.3, -0.25) is 29.4 Å². The number of nitrogens with one attached hydrogen (secondary N) is 1. The van der Waals surface area contributed by atoms with E-state index in [0.29, 0.717) is 6.42 Å². The van der Waals surface area contributed by atoms with Crippen molar-refractivity contribution in [3.05, 3.63) is 29.3 Å². The summed E-state index contributed by atoms with van der Waals surface area (Å²) in [5.41, 5.74) is -0.0192. The molecule has 2 aliphatic rings. The Bertz CT molecular complexity index is 682. The smallest absolute Gasteiger partial charge is 0.266 e. The highest BCUT2D eigenvalue weighted by Crippen LogP contribution is 2.32. The number of fused-ring (bicyclic) bond motifs is 1. The summed E-state index contributed by atoms with van der Waals surface area (Å²) in [6, 6.07) is 3.17.